The van der Waals surface area contributed by atoms with Gasteiger partial charge >= 0.3 is 0 Å². The van der Waals surface area contributed by atoms with Gasteiger partial charge in [0.05, 0.1) is 53.3 Å². The summed E-state index contributed by atoms with van der Waals surface area (Å²) in [5.41, 5.74) is 23.9. The Hall–Kier alpha value is -8.32. The first-order valence-corrected chi connectivity index (χ1v) is 25.7. The second-order valence-electron chi connectivity index (χ2n) is 20.2. The van der Waals surface area contributed by atoms with Gasteiger partial charge in [-0.05, 0) is 111 Å². The minimum absolute atomic E-state index is 0.744. The molecule has 0 N–H and O–H groups in total. The zero-order valence-electron chi connectivity index (χ0n) is 40.3. The Labute approximate surface area is 413 Å². The normalized spacial score (nSPS) is 13.0. The van der Waals surface area contributed by atoms with Gasteiger partial charge in [-0.15, -0.1) is 22.7 Å². The zero-order chi connectivity index (χ0) is 48.1. The number of hydrogen-bond donors (Lipinski definition) is 0. The molecule has 0 unspecified atom stereocenters. The highest BCUT2D eigenvalue weighted by molar-refractivity contribution is 7.27. The minimum atomic E-state index is 0.744. The highest BCUT2D eigenvalue weighted by Crippen LogP contribution is 2.49. The van der Waals surface area contributed by atoms with Crippen LogP contribution in [0.2, 0.25) is 0 Å². The number of aryl methyl sites for hydroxylation is 8. The van der Waals surface area contributed by atoms with E-state index in [0.29, 0.717) is 0 Å². The van der Waals surface area contributed by atoms with Gasteiger partial charge in [-0.25, -0.2) is 0 Å². The Morgan fingerprint density at radius 3 is 1.08 bits per heavy atom. The predicted molar refractivity (Wildman–Crippen MR) is 297 cm³/mol. The standard InChI is InChI=1S/C30H20N2O4.C30H20N2O2S2/c1-13-5-7-15-19(9-13)31(3)23-25(15)35-27-17-11-22-18(12-21(17)33-29(23)27)28-30(34-22)24-26(36-28)16-8-6-14(2)10-20(16)32(24)4;1-13-5-7-15-21(9-13)35-29-25(15)31(3)23-17-11-20-18(12-19(17)33-27(23)29)24-28(34-20)30-26(32(24)4)16-8-6-14(2)10-22(16)36-30/h2*5-12H,1-4H3. The van der Waals surface area contributed by atoms with Crippen LogP contribution in [-0.2, 0) is 28.2 Å². The number of benzene rings is 6. The summed E-state index contributed by atoms with van der Waals surface area (Å²) in [5.74, 6) is 0. The fraction of sp³-hybridized carbons (Fsp3) is 0.133. The van der Waals surface area contributed by atoms with Gasteiger partial charge in [0.25, 0.3) is 0 Å². The van der Waals surface area contributed by atoms with E-state index in [4.69, 9.17) is 26.5 Å². The topological polar surface area (TPSA) is 98.6 Å². The SMILES string of the molecule is Cc1ccc2c(c1)sc1c3oc4cc5c(cc4c3n(C)c21)oc1c2sc3cc(C)ccc3c2n(C)c51.Cc1ccc2c3oc4c5cc6oc7c(oc8c9ccc(C)cc9n(C)c87)c6cc5oc4c3n(C)c2c1. The van der Waals surface area contributed by atoms with Gasteiger partial charge in [0.1, 0.15) is 33.4 Å². The van der Waals surface area contributed by atoms with Crippen molar-refractivity contribution in [3.63, 3.8) is 0 Å². The van der Waals surface area contributed by atoms with Crippen molar-refractivity contribution in [2.45, 2.75) is 27.7 Å². The molecule has 6 aromatic carbocycles. The van der Waals surface area contributed by atoms with Crippen molar-refractivity contribution < 1.29 is 26.5 Å². The summed E-state index contributed by atoms with van der Waals surface area (Å²) in [6, 6.07) is 34.6. The molecular weight excluding hydrogens is 937 g/mol. The minimum Gasteiger partial charge on any atom is -0.453 e. The number of thiophene rings is 2. The Morgan fingerprint density at radius 1 is 0.292 bits per heavy atom. The lowest BCUT2D eigenvalue weighted by molar-refractivity contribution is 0.654. The van der Waals surface area contributed by atoms with Crippen LogP contribution in [0.15, 0.2) is 124 Å². The van der Waals surface area contributed by atoms with Crippen LogP contribution in [0.25, 0.3) is 173 Å². The summed E-state index contributed by atoms with van der Waals surface area (Å²) >= 11 is 3.64. The number of fused-ring (bicyclic) bond motifs is 28. The lowest BCUT2D eigenvalue weighted by Crippen LogP contribution is -1.87. The van der Waals surface area contributed by atoms with Crippen molar-refractivity contribution in [1.82, 2.24) is 18.3 Å². The van der Waals surface area contributed by atoms with E-state index in [9.17, 15) is 0 Å². The molecule has 12 aromatic heterocycles. The van der Waals surface area contributed by atoms with Gasteiger partial charge < -0.3 is 44.8 Å². The lowest BCUT2D eigenvalue weighted by atomic mass is 10.2. The molecule has 0 saturated heterocycles. The third kappa shape index (κ3) is 4.71. The first-order valence-electron chi connectivity index (χ1n) is 24.1. The van der Waals surface area contributed by atoms with E-state index in [0.717, 1.165) is 132 Å². The average Bonchev–Trinajstić information content (AvgIpc) is 4.23. The smallest absolute Gasteiger partial charge is 0.198 e. The summed E-state index contributed by atoms with van der Waals surface area (Å²) in [4.78, 5) is 0. The number of rotatable bonds is 0. The maximum atomic E-state index is 6.59. The van der Waals surface area contributed by atoms with Gasteiger partial charge in [0.2, 0.25) is 0 Å². The van der Waals surface area contributed by atoms with Crippen LogP contribution >= 0.6 is 22.7 Å². The van der Waals surface area contributed by atoms with Crippen LogP contribution < -0.4 is 0 Å². The molecule has 0 radical (unpaired) electrons. The first kappa shape index (κ1) is 39.4. The fourth-order valence-electron chi connectivity index (χ4n) is 12.3. The van der Waals surface area contributed by atoms with Crippen LogP contribution in [0.1, 0.15) is 22.3 Å². The third-order valence-electron chi connectivity index (χ3n) is 15.7. The maximum Gasteiger partial charge on any atom is 0.198 e. The van der Waals surface area contributed by atoms with Crippen LogP contribution in [0.4, 0.5) is 0 Å². The van der Waals surface area contributed by atoms with Crippen LogP contribution in [-0.4, -0.2) is 18.3 Å². The van der Waals surface area contributed by atoms with Crippen LogP contribution in [0.5, 0.6) is 0 Å². The molecule has 0 fully saturated rings. The molecule has 0 aliphatic heterocycles. The Kier molecular flexibility index (Phi) is 7.09. The Balaban J connectivity index is 0.000000120. The van der Waals surface area contributed by atoms with E-state index in [1.807, 2.05) is 34.8 Å². The molecule has 0 saturated carbocycles. The van der Waals surface area contributed by atoms with Crippen molar-refractivity contribution in [1.29, 1.82) is 0 Å². The van der Waals surface area contributed by atoms with E-state index in [1.54, 1.807) is 0 Å². The molecule has 0 spiro atoms. The van der Waals surface area contributed by atoms with E-state index in [2.05, 4.69) is 159 Å². The van der Waals surface area contributed by atoms with E-state index in [1.165, 1.54) is 62.9 Å². The van der Waals surface area contributed by atoms with Crippen molar-refractivity contribution in [3.05, 3.63) is 119 Å². The van der Waals surface area contributed by atoms with Crippen molar-refractivity contribution in [2.75, 3.05) is 0 Å². The van der Waals surface area contributed by atoms with Gasteiger partial charge in [-0.1, -0.05) is 36.4 Å². The largest absolute Gasteiger partial charge is 0.453 e. The third-order valence-corrected chi connectivity index (χ3v) is 18.0. The molecule has 18 aromatic rings. The first-order chi connectivity index (χ1) is 34.9. The lowest BCUT2D eigenvalue weighted by Gasteiger charge is -2.00. The Bertz CT molecular complexity index is 5170. The molecule has 12 heterocycles. The van der Waals surface area contributed by atoms with Crippen molar-refractivity contribution in [2.24, 2.45) is 28.2 Å². The van der Waals surface area contributed by atoms with Crippen LogP contribution in [0.3, 0.4) is 0 Å². The molecule has 0 atom stereocenters. The van der Waals surface area contributed by atoms with Crippen molar-refractivity contribution in [3.8, 4) is 0 Å². The molecular formula is C60H40N4O6S2. The highest BCUT2D eigenvalue weighted by Gasteiger charge is 2.28. The number of nitrogens with zero attached hydrogens (tertiary/aromatic N) is 4. The zero-order valence-corrected chi connectivity index (χ0v) is 41.9. The molecule has 0 bridgehead atoms. The number of aromatic nitrogens is 4. The Morgan fingerprint density at radius 2 is 0.653 bits per heavy atom. The van der Waals surface area contributed by atoms with Gasteiger partial charge in [-0.3, -0.25) is 0 Å². The molecule has 348 valence electrons. The monoisotopic (exact) mass is 976 g/mol. The van der Waals surface area contributed by atoms with E-state index in [-0.39, 0.29) is 0 Å². The average molecular weight is 977 g/mol. The van der Waals surface area contributed by atoms with Crippen molar-refractivity contribution >= 4 is 196 Å². The second kappa shape index (κ2) is 13.0. The number of furan rings is 6. The summed E-state index contributed by atoms with van der Waals surface area (Å²) in [6.07, 6.45) is 0. The van der Waals surface area contributed by atoms with E-state index < -0.39 is 0 Å². The molecule has 0 aliphatic carbocycles. The molecule has 10 nitrogen and oxygen atoms in total. The molecule has 0 amide bonds. The molecule has 12 heteroatoms. The van der Waals surface area contributed by atoms with Gasteiger partial charge in [-0.2, -0.15) is 0 Å². The molecule has 18 rings (SSSR count). The van der Waals surface area contributed by atoms with Crippen LogP contribution in [0, 0.1) is 27.7 Å². The fourth-order valence-corrected chi connectivity index (χ4v) is 14.9. The summed E-state index contributed by atoms with van der Waals surface area (Å²) in [7, 11) is 8.41. The highest BCUT2D eigenvalue weighted by atomic mass is 32.1. The summed E-state index contributed by atoms with van der Waals surface area (Å²) in [6.45, 7) is 8.49. The molecule has 72 heavy (non-hydrogen) atoms. The summed E-state index contributed by atoms with van der Waals surface area (Å²) < 4.78 is 52.9. The number of hydrogen-bond acceptors (Lipinski definition) is 8. The second-order valence-corrected chi connectivity index (χ2v) is 22.3. The predicted octanol–water partition coefficient (Wildman–Crippen LogP) is 18.1. The van der Waals surface area contributed by atoms with E-state index >= 15 is 0 Å². The summed E-state index contributed by atoms with van der Waals surface area (Å²) in [5, 5.41) is 8.75. The molecule has 0 aliphatic rings. The maximum absolute atomic E-state index is 6.59. The van der Waals surface area contributed by atoms with Gasteiger partial charge in [0.15, 0.2) is 44.7 Å². The van der Waals surface area contributed by atoms with Gasteiger partial charge in [0, 0.05) is 69.9 Å². The quantitative estimate of drug-likeness (QED) is 0.150.